The number of hydrogen-bond donors (Lipinski definition) is 1. The normalized spacial score (nSPS) is 16.0. The molecule has 3 heterocycles. The average molecular weight is 561 g/mol. The molecular formula is C33H24N2O5S. The van der Waals surface area contributed by atoms with Crippen LogP contribution < -0.4 is 19.6 Å². The molecule has 2 aromatic heterocycles. The topological polar surface area (TPSA) is 94.0 Å². The summed E-state index contributed by atoms with van der Waals surface area (Å²) < 4.78 is 13.8. The van der Waals surface area contributed by atoms with Crippen LogP contribution in [0.3, 0.4) is 0 Å². The highest BCUT2D eigenvalue weighted by atomic mass is 32.1. The summed E-state index contributed by atoms with van der Waals surface area (Å²) in [6.45, 7) is 0. The van der Waals surface area contributed by atoms with E-state index in [0.29, 0.717) is 26.4 Å². The zero-order valence-electron chi connectivity index (χ0n) is 22.0. The summed E-state index contributed by atoms with van der Waals surface area (Å²) in [5.41, 5.74) is 5.83. The number of fused-ring (bicyclic) bond motifs is 3. The van der Waals surface area contributed by atoms with Gasteiger partial charge in [0.05, 0.1) is 28.9 Å². The second kappa shape index (κ2) is 9.91. The van der Waals surface area contributed by atoms with E-state index in [9.17, 15) is 14.7 Å². The molecule has 0 spiro atoms. The molecule has 7 nitrogen and oxygen atoms in total. The summed E-state index contributed by atoms with van der Waals surface area (Å²) in [6.07, 6.45) is 3.38. The Morgan fingerprint density at radius 2 is 1.83 bits per heavy atom. The standard InChI is InChI=1S/C33H24N2O5S/c1-39-21-9-6-8-20(17-21)30-26-15-13-19-7-2-3-10-23(19)29(26)34-33-35(30)31(36)28(41-33)18-22-14-16-27(40-22)24-11-4-5-12-25(24)32(37)38/h2-12,14,16-18,30H,13,15H2,1H3,(H,37,38)/b28-18-. The number of aromatic nitrogens is 1. The largest absolute Gasteiger partial charge is 0.497 e. The number of carbonyl (C=O) groups is 1. The van der Waals surface area contributed by atoms with Crippen molar-refractivity contribution in [3.63, 3.8) is 0 Å². The van der Waals surface area contributed by atoms with E-state index in [2.05, 4.69) is 12.1 Å². The van der Waals surface area contributed by atoms with E-state index in [1.165, 1.54) is 23.0 Å². The van der Waals surface area contributed by atoms with Crippen molar-refractivity contribution in [2.24, 2.45) is 4.99 Å². The van der Waals surface area contributed by atoms with Gasteiger partial charge in [0.25, 0.3) is 5.56 Å². The van der Waals surface area contributed by atoms with E-state index in [-0.39, 0.29) is 17.2 Å². The fourth-order valence-corrected chi connectivity index (χ4v) is 6.70. The summed E-state index contributed by atoms with van der Waals surface area (Å²) in [5, 5.41) is 9.59. The molecule has 1 atom stereocenters. The lowest BCUT2D eigenvalue weighted by Crippen LogP contribution is -2.38. The van der Waals surface area contributed by atoms with Crippen LogP contribution in [0.1, 0.15) is 45.3 Å². The van der Waals surface area contributed by atoms with Gasteiger partial charge in [-0.1, -0.05) is 65.9 Å². The third kappa shape index (κ3) is 4.24. The minimum atomic E-state index is -1.03. The quantitative estimate of drug-likeness (QED) is 0.316. The predicted octanol–water partition coefficient (Wildman–Crippen LogP) is 5.29. The first-order valence-corrected chi connectivity index (χ1v) is 14.0. The lowest BCUT2D eigenvalue weighted by atomic mass is 9.83. The monoisotopic (exact) mass is 560 g/mol. The Kier molecular flexibility index (Phi) is 6.05. The van der Waals surface area contributed by atoms with Gasteiger partial charge in [0.2, 0.25) is 0 Å². The maximum absolute atomic E-state index is 14.0. The summed E-state index contributed by atoms with van der Waals surface area (Å²) in [6, 6.07) is 26.0. The maximum atomic E-state index is 14.0. The Bertz CT molecular complexity index is 2060. The lowest BCUT2D eigenvalue weighted by Gasteiger charge is -2.31. The summed E-state index contributed by atoms with van der Waals surface area (Å²) in [5.74, 6) is 0.570. The number of furan rings is 1. The molecule has 0 fully saturated rings. The zero-order valence-corrected chi connectivity index (χ0v) is 22.9. The summed E-state index contributed by atoms with van der Waals surface area (Å²) >= 11 is 1.32. The first kappa shape index (κ1) is 25.0. The highest BCUT2D eigenvalue weighted by molar-refractivity contribution is 7.07. The minimum absolute atomic E-state index is 0.150. The number of aryl methyl sites for hydroxylation is 1. The third-order valence-corrected chi connectivity index (χ3v) is 8.59. The van der Waals surface area contributed by atoms with Crippen molar-refractivity contribution in [3.8, 4) is 17.1 Å². The number of methoxy groups -OCH3 is 1. The second-order valence-corrected chi connectivity index (χ2v) is 11.0. The third-order valence-electron chi connectivity index (χ3n) is 7.61. The van der Waals surface area contributed by atoms with Crippen molar-refractivity contribution < 1.29 is 19.1 Å². The molecule has 1 aliphatic heterocycles. The fourth-order valence-electron chi connectivity index (χ4n) is 5.72. The maximum Gasteiger partial charge on any atom is 0.336 e. The minimum Gasteiger partial charge on any atom is -0.497 e. The van der Waals surface area contributed by atoms with Crippen LogP contribution >= 0.6 is 11.3 Å². The number of aromatic carboxylic acids is 1. The molecule has 0 bridgehead atoms. The first-order chi connectivity index (χ1) is 20.0. The van der Waals surface area contributed by atoms with Crippen LogP contribution in [0.5, 0.6) is 5.75 Å². The number of nitrogens with zero attached hydrogens (tertiary/aromatic N) is 2. The number of rotatable bonds is 5. The van der Waals surface area contributed by atoms with Crippen molar-refractivity contribution >= 4 is 29.1 Å². The molecule has 41 heavy (non-hydrogen) atoms. The molecule has 8 heteroatoms. The van der Waals surface area contributed by atoms with Gasteiger partial charge in [-0.25, -0.2) is 9.79 Å². The lowest BCUT2D eigenvalue weighted by molar-refractivity contribution is 0.0697. The molecule has 3 aromatic carbocycles. The van der Waals surface area contributed by atoms with Gasteiger partial charge in [0.15, 0.2) is 4.80 Å². The van der Waals surface area contributed by atoms with Crippen LogP contribution in [0, 0.1) is 0 Å². The molecule has 0 saturated heterocycles. The van der Waals surface area contributed by atoms with Gasteiger partial charge in [0, 0.05) is 17.2 Å². The number of carboxylic acid groups (broad SMARTS) is 1. The van der Waals surface area contributed by atoms with Crippen molar-refractivity contribution in [2.75, 3.05) is 7.11 Å². The van der Waals surface area contributed by atoms with Gasteiger partial charge in [0.1, 0.15) is 17.3 Å². The molecule has 0 amide bonds. The molecule has 7 rings (SSSR count). The highest BCUT2D eigenvalue weighted by Gasteiger charge is 2.32. The van der Waals surface area contributed by atoms with E-state index >= 15 is 0 Å². The van der Waals surface area contributed by atoms with Crippen LogP contribution in [0.2, 0.25) is 0 Å². The summed E-state index contributed by atoms with van der Waals surface area (Å²) in [4.78, 5) is 31.4. The number of allylic oxidation sites excluding steroid dienone is 1. The number of thiazole rings is 1. The Hall–Kier alpha value is -4.95. The second-order valence-electron chi connectivity index (χ2n) is 9.94. The average Bonchev–Trinajstić information content (AvgIpc) is 3.60. The van der Waals surface area contributed by atoms with E-state index in [1.54, 1.807) is 48.1 Å². The molecule has 0 radical (unpaired) electrons. The van der Waals surface area contributed by atoms with Gasteiger partial charge in [-0.2, -0.15) is 0 Å². The SMILES string of the molecule is COc1cccc(C2C3=C(N=c4s/c(=C\c5ccc(-c6ccccc6C(=O)O)o5)c(=O)n42)c2ccccc2CC3)c1. The Labute approximate surface area is 238 Å². The van der Waals surface area contributed by atoms with Crippen LogP contribution in [0.25, 0.3) is 23.1 Å². The fraction of sp³-hybridized carbons (Fsp3) is 0.121. The van der Waals surface area contributed by atoms with Gasteiger partial charge in [-0.15, -0.1) is 0 Å². The Balaban J connectivity index is 1.40. The van der Waals surface area contributed by atoms with Crippen LogP contribution in [-0.2, 0) is 6.42 Å². The van der Waals surface area contributed by atoms with Crippen LogP contribution in [0.4, 0.5) is 0 Å². The van der Waals surface area contributed by atoms with Crippen molar-refractivity contribution in [1.82, 2.24) is 4.57 Å². The van der Waals surface area contributed by atoms with Gasteiger partial charge in [-0.3, -0.25) is 9.36 Å². The first-order valence-electron chi connectivity index (χ1n) is 13.2. The zero-order chi connectivity index (χ0) is 28.1. The van der Waals surface area contributed by atoms with E-state index in [1.807, 2.05) is 36.4 Å². The number of carboxylic acids is 1. The van der Waals surface area contributed by atoms with E-state index in [0.717, 1.165) is 41.0 Å². The van der Waals surface area contributed by atoms with Gasteiger partial charge < -0.3 is 14.3 Å². The highest BCUT2D eigenvalue weighted by Crippen LogP contribution is 2.41. The molecular weight excluding hydrogens is 536 g/mol. The smallest absolute Gasteiger partial charge is 0.336 e. The van der Waals surface area contributed by atoms with Crippen molar-refractivity contribution in [3.05, 3.63) is 138 Å². The van der Waals surface area contributed by atoms with E-state index < -0.39 is 5.97 Å². The van der Waals surface area contributed by atoms with Crippen LogP contribution in [0.15, 0.2) is 105 Å². The molecule has 5 aromatic rings. The Morgan fingerprint density at radius 1 is 1.02 bits per heavy atom. The molecule has 1 aliphatic carbocycles. The Morgan fingerprint density at radius 3 is 2.66 bits per heavy atom. The number of hydrogen-bond acceptors (Lipinski definition) is 6. The molecule has 202 valence electrons. The van der Waals surface area contributed by atoms with E-state index in [4.69, 9.17) is 14.1 Å². The molecule has 0 saturated carbocycles. The summed E-state index contributed by atoms with van der Waals surface area (Å²) in [7, 11) is 1.64. The van der Waals surface area contributed by atoms with Crippen molar-refractivity contribution in [1.29, 1.82) is 0 Å². The molecule has 2 aliphatic rings. The van der Waals surface area contributed by atoms with Gasteiger partial charge >= 0.3 is 5.97 Å². The molecule has 1 unspecified atom stereocenters. The molecule has 1 N–H and O–H groups in total. The van der Waals surface area contributed by atoms with Gasteiger partial charge in [-0.05, 0) is 59.9 Å². The van der Waals surface area contributed by atoms with Crippen LogP contribution in [-0.4, -0.2) is 22.8 Å². The number of benzene rings is 3. The number of ether oxygens (including phenoxy) is 1. The predicted molar refractivity (Wildman–Crippen MR) is 157 cm³/mol. The van der Waals surface area contributed by atoms with Crippen molar-refractivity contribution in [2.45, 2.75) is 18.9 Å².